The average molecular weight is 435 g/mol. The standard InChI is InChI=1S/C23H34N2O6/c1-3-9-20-23(30)22(29)18(24-16(2)27)14-25(20)19-11-7-6-10-17(19)15-31-21(28)12-5-4-8-13-26/h6-7,10-11,13,18,20,22-23,29-30H,3-5,8-9,12,14-15H2,1-2H3,(H,24,27)/t18-,20-,22+,23-/m0/s1. The molecule has 1 heterocycles. The quantitative estimate of drug-likeness (QED) is 0.276. The number of carbonyl (C=O) groups is 3. The largest absolute Gasteiger partial charge is 0.461 e. The number of hydrogen-bond acceptors (Lipinski definition) is 7. The molecule has 0 bridgehead atoms. The maximum atomic E-state index is 12.1. The molecule has 1 aliphatic rings. The third-order valence-electron chi connectivity index (χ3n) is 5.57. The Balaban J connectivity index is 2.17. The number of aliphatic hydroxyl groups excluding tert-OH is 2. The summed E-state index contributed by atoms with van der Waals surface area (Å²) in [5.41, 5.74) is 1.59. The maximum absolute atomic E-state index is 12.1. The maximum Gasteiger partial charge on any atom is 0.306 e. The minimum Gasteiger partial charge on any atom is -0.461 e. The molecule has 1 aromatic rings. The SMILES string of the molecule is CCC[C@H]1[C@H](O)[C@H](O)[C@@H](NC(C)=O)CN1c1ccccc1COC(=O)CCCCC=O. The first kappa shape index (κ1) is 24.8. The number of hydrogen-bond donors (Lipinski definition) is 3. The van der Waals surface area contributed by atoms with Gasteiger partial charge in [-0.2, -0.15) is 0 Å². The molecular formula is C23H34N2O6. The summed E-state index contributed by atoms with van der Waals surface area (Å²) in [4.78, 5) is 36.0. The molecule has 0 aliphatic carbocycles. The summed E-state index contributed by atoms with van der Waals surface area (Å²) in [5, 5.41) is 24.0. The molecular weight excluding hydrogens is 400 g/mol. The second-order valence-corrected chi connectivity index (χ2v) is 8.00. The molecule has 8 heteroatoms. The molecule has 1 aliphatic heterocycles. The summed E-state index contributed by atoms with van der Waals surface area (Å²) < 4.78 is 5.44. The molecule has 1 amide bonds. The van der Waals surface area contributed by atoms with Crippen molar-refractivity contribution in [3.63, 3.8) is 0 Å². The number of rotatable bonds is 11. The zero-order chi connectivity index (χ0) is 22.8. The van der Waals surface area contributed by atoms with Gasteiger partial charge < -0.3 is 30.0 Å². The Morgan fingerprint density at radius 2 is 1.97 bits per heavy atom. The number of para-hydroxylation sites is 1. The number of amides is 1. The Kier molecular flexibility index (Phi) is 9.94. The number of unbranched alkanes of at least 4 members (excludes halogenated alkanes) is 2. The lowest BCUT2D eigenvalue weighted by Crippen LogP contribution is -2.65. The van der Waals surface area contributed by atoms with Crippen LogP contribution in [0.15, 0.2) is 24.3 Å². The van der Waals surface area contributed by atoms with E-state index in [4.69, 9.17) is 4.74 Å². The van der Waals surface area contributed by atoms with Crippen molar-refractivity contribution in [3.05, 3.63) is 29.8 Å². The Morgan fingerprint density at radius 1 is 1.23 bits per heavy atom. The molecule has 0 unspecified atom stereocenters. The van der Waals surface area contributed by atoms with Gasteiger partial charge in [0.25, 0.3) is 0 Å². The third-order valence-corrected chi connectivity index (χ3v) is 5.57. The highest BCUT2D eigenvalue weighted by Gasteiger charge is 2.42. The van der Waals surface area contributed by atoms with E-state index in [1.165, 1.54) is 6.92 Å². The van der Waals surface area contributed by atoms with Crippen molar-refractivity contribution in [2.24, 2.45) is 0 Å². The molecule has 0 spiro atoms. The van der Waals surface area contributed by atoms with Crippen LogP contribution in [-0.2, 0) is 25.7 Å². The first-order chi connectivity index (χ1) is 14.9. The van der Waals surface area contributed by atoms with Gasteiger partial charge >= 0.3 is 5.97 Å². The first-order valence-electron chi connectivity index (χ1n) is 11.0. The van der Waals surface area contributed by atoms with Crippen LogP contribution in [0.3, 0.4) is 0 Å². The Labute approximate surface area is 183 Å². The van der Waals surface area contributed by atoms with Crippen LogP contribution in [0, 0.1) is 0 Å². The van der Waals surface area contributed by atoms with Crippen LogP contribution >= 0.6 is 0 Å². The average Bonchev–Trinajstić information content (AvgIpc) is 2.75. The van der Waals surface area contributed by atoms with Crippen molar-refractivity contribution in [3.8, 4) is 0 Å². The number of piperidine rings is 1. The normalized spacial score (nSPS) is 23.3. The lowest BCUT2D eigenvalue weighted by Gasteiger charge is -2.47. The Hall–Kier alpha value is -2.45. The van der Waals surface area contributed by atoms with E-state index in [0.29, 0.717) is 32.2 Å². The summed E-state index contributed by atoms with van der Waals surface area (Å²) >= 11 is 0. The Morgan fingerprint density at radius 3 is 2.65 bits per heavy atom. The minimum atomic E-state index is -1.06. The van der Waals surface area contributed by atoms with Crippen molar-refractivity contribution in [2.45, 2.75) is 83.3 Å². The summed E-state index contributed by atoms with van der Waals surface area (Å²) in [6.45, 7) is 3.81. The number of aliphatic hydroxyl groups is 2. The number of nitrogens with one attached hydrogen (secondary N) is 1. The fourth-order valence-corrected chi connectivity index (χ4v) is 4.04. The van der Waals surface area contributed by atoms with Gasteiger partial charge in [-0.1, -0.05) is 31.5 Å². The molecule has 1 saturated heterocycles. The van der Waals surface area contributed by atoms with Crippen LogP contribution in [0.4, 0.5) is 5.69 Å². The van der Waals surface area contributed by atoms with Gasteiger partial charge in [0.1, 0.15) is 25.1 Å². The van der Waals surface area contributed by atoms with Gasteiger partial charge in [-0.25, -0.2) is 0 Å². The van der Waals surface area contributed by atoms with Crippen molar-refractivity contribution in [1.82, 2.24) is 5.32 Å². The Bertz CT molecular complexity index is 741. The van der Waals surface area contributed by atoms with Gasteiger partial charge in [-0.3, -0.25) is 9.59 Å². The first-order valence-corrected chi connectivity index (χ1v) is 11.0. The second kappa shape index (κ2) is 12.4. The van der Waals surface area contributed by atoms with Crippen LogP contribution in [0.25, 0.3) is 0 Å². The van der Waals surface area contributed by atoms with Crippen molar-refractivity contribution >= 4 is 23.9 Å². The van der Waals surface area contributed by atoms with Crippen molar-refractivity contribution in [1.29, 1.82) is 0 Å². The van der Waals surface area contributed by atoms with Gasteiger partial charge in [-0.05, 0) is 25.3 Å². The monoisotopic (exact) mass is 434 g/mol. The van der Waals surface area contributed by atoms with Crippen LogP contribution in [0.1, 0.15) is 57.9 Å². The minimum absolute atomic E-state index is 0.0848. The molecule has 31 heavy (non-hydrogen) atoms. The number of carbonyl (C=O) groups excluding carboxylic acids is 3. The third kappa shape index (κ3) is 7.04. The number of aldehydes is 1. The van der Waals surface area contributed by atoms with E-state index in [1.807, 2.05) is 36.1 Å². The van der Waals surface area contributed by atoms with Crippen molar-refractivity contribution in [2.75, 3.05) is 11.4 Å². The zero-order valence-corrected chi connectivity index (χ0v) is 18.3. The fraction of sp³-hybridized carbons (Fsp3) is 0.609. The molecule has 1 aromatic carbocycles. The molecule has 8 nitrogen and oxygen atoms in total. The van der Waals surface area contributed by atoms with E-state index in [1.54, 1.807) is 0 Å². The molecule has 0 aromatic heterocycles. The number of anilines is 1. The van der Waals surface area contributed by atoms with E-state index in [-0.39, 0.29) is 30.9 Å². The summed E-state index contributed by atoms with van der Waals surface area (Å²) in [6.07, 6.45) is 2.18. The summed E-state index contributed by atoms with van der Waals surface area (Å²) in [6, 6.07) is 6.54. The van der Waals surface area contributed by atoms with Gasteiger partial charge in [0.15, 0.2) is 0 Å². The highest BCUT2D eigenvalue weighted by molar-refractivity contribution is 5.73. The van der Waals surface area contributed by atoms with Crippen LogP contribution in [0.2, 0.25) is 0 Å². The fourth-order valence-electron chi connectivity index (χ4n) is 4.04. The van der Waals surface area contributed by atoms with E-state index < -0.39 is 18.2 Å². The molecule has 3 N–H and O–H groups in total. The summed E-state index contributed by atoms with van der Waals surface area (Å²) in [5.74, 6) is -0.599. The van der Waals surface area contributed by atoms with Crippen molar-refractivity contribution < 1.29 is 29.3 Å². The topological polar surface area (TPSA) is 116 Å². The van der Waals surface area contributed by atoms with Gasteiger partial charge in [0, 0.05) is 37.6 Å². The molecule has 0 saturated carbocycles. The van der Waals surface area contributed by atoms with E-state index in [0.717, 1.165) is 24.0 Å². The lowest BCUT2D eigenvalue weighted by molar-refractivity contribution is -0.145. The van der Waals surface area contributed by atoms with Gasteiger partial charge in [0.05, 0.1) is 12.1 Å². The summed E-state index contributed by atoms with van der Waals surface area (Å²) in [7, 11) is 0. The smallest absolute Gasteiger partial charge is 0.306 e. The highest BCUT2D eigenvalue weighted by Crippen LogP contribution is 2.31. The number of ether oxygens (including phenoxy) is 1. The second-order valence-electron chi connectivity index (χ2n) is 8.00. The van der Waals surface area contributed by atoms with Gasteiger partial charge in [0.2, 0.25) is 5.91 Å². The molecule has 4 atom stereocenters. The highest BCUT2D eigenvalue weighted by atomic mass is 16.5. The number of benzene rings is 1. The van der Waals surface area contributed by atoms with E-state index in [9.17, 15) is 24.6 Å². The van der Waals surface area contributed by atoms with Crippen LogP contribution in [0.5, 0.6) is 0 Å². The predicted molar refractivity (Wildman–Crippen MR) is 116 cm³/mol. The lowest BCUT2D eigenvalue weighted by atomic mass is 9.88. The predicted octanol–water partition coefficient (Wildman–Crippen LogP) is 1.70. The zero-order valence-electron chi connectivity index (χ0n) is 18.3. The molecule has 1 fully saturated rings. The number of nitrogens with zero attached hydrogens (tertiary/aromatic N) is 1. The van der Waals surface area contributed by atoms with Gasteiger partial charge in [-0.15, -0.1) is 0 Å². The molecule has 0 radical (unpaired) electrons. The van der Waals surface area contributed by atoms with Crippen LogP contribution in [-0.4, -0.2) is 59.2 Å². The number of esters is 1. The van der Waals surface area contributed by atoms with E-state index >= 15 is 0 Å². The van der Waals surface area contributed by atoms with Crippen LogP contribution < -0.4 is 10.2 Å². The van der Waals surface area contributed by atoms with E-state index in [2.05, 4.69) is 5.32 Å². The molecule has 172 valence electrons. The molecule has 2 rings (SSSR count).